The minimum absolute atomic E-state index is 0.0153. The van der Waals surface area contributed by atoms with Gasteiger partial charge in [-0.1, -0.05) is 0 Å². The quantitative estimate of drug-likeness (QED) is 0.802. The van der Waals surface area contributed by atoms with Crippen molar-refractivity contribution in [2.45, 2.75) is 25.3 Å². The van der Waals surface area contributed by atoms with Gasteiger partial charge in [-0.2, -0.15) is 0 Å². The molecule has 7 heteroatoms. The summed E-state index contributed by atoms with van der Waals surface area (Å²) in [5, 5.41) is 7.98. The summed E-state index contributed by atoms with van der Waals surface area (Å²) in [6.45, 7) is 0.516. The Bertz CT molecular complexity index is 636. The van der Waals surface area contributed by atoms with Gasteiger partial charge in [0.15, 0.2) is 0 Å². The minimum Gasteiger partial charge on any atom is -0.351 e. The molecule has 1 fully saturated rings. The first-order valence-corrected chi connectivity index (χ1v) is 9.39. The summed E-state index contributed by atoms with van der Waals surface area (Å²) >= 11 is 6.66. The second-order valence-electron chi connectivity index (χ2n) is 5.20. The highest BCUT2D eigenvalue weighted by molar-refractivity contribution is 9.10. The van der Waals surface area contributed by atoms with Crippen LogP contribution in [0.5, 0.6) is 0 Å². The lowest BCUT2D eigenvalue weighted by Crippen LogP contribution is -2.42. The molecule has 1 unspecified atom stereocenters. The Morgan fingerprint density at radius 3 is 2.90 bits per heavy atom. The monoisotopic (exact) mass is 385 g/mol. The number of amides is 1. The number of hydrogen-bond acceptors (Lipinski definition) is 5. The van der Waals surface area contributed by atoms with E-state index in [-0.39, 0.29) is 11.9 Å². The highest BCUT2D eigenvalue weighted by atomic mass is 79.9. The number of nitrogens with zero attached hydrogens (tertiary/aromatic N) is 1. The molecule has 1 atom stereocenters. The molecule has 0 radical (unpaired) electrons. The first kappa shape index (κ1) is 15.1. The van der Waals surface area contributed by atoms with Crippen molar-refractivity contribution in [3.05, 3.63) is 27.0 Å². The van der Waals surface area contributed by atoms with Crippen LogP contribution in [0.1, 0.15) is 18.5 Å². The van der Waals surface area contributed by atoms with Crippen LogP contribution in [0.25, 0.3) is 9.88 Å². The summed E-state index contributed by atoms with van der Waals surface area (Å²) < 4.78 is 1.06. The lowest BCUT2D eigenvalue weighted by atomic mass is 10.2. The zero-order valence-electron chi connectivity index (χ0n) is 11.3. The molecule has 0 aromatic carbocycles. The molecule has 1 aliphatic carbocycles. The number of carbonyl (C=O) groups excluding carboxylic acids is 1. The maximum Gasteiger partial charge on any atom is 0.226 e. The molecule has 1 amide bonds. The van der Waals surface area contributed by atoms with Gasteiger partial charge in [0.05, 0.1) is 17.0 Å². The molecular formula is C14H16BrN3OS2. The predicted octanol–water partition coefficient (Wildman–Crippen LogP) is 3.03. The molecule has 2 heterocycles. The summed E-state index contributed by atoms with van der Waals surface area (Å²) in [5.41, 5.74) is 6.53. The Hall–Kier alpha value is -0.760. The van der Waals surface area contributed by atoms with Gasteiger partial charge < -0.3 is 11.1 Å². The van der Waals surface area contributed by atoms with E-state index in [1.54, 1.807) is 22.7 Å². The average molecular weight is 386 g/mol. The molecule has 2 aromatic rings. The number of thiazole rings is 1. The molecule has 4 nitrogen and oxygen atoms in total. The van der Waals surface area contributed by atoms with Crippen LogP contribution in [0.3, 0.4) is 0 Å². The van der Waals surface area contributed by atoms with E-state index >= 15 is 0 Å². The molecule has 1 aliphatic rings. The maximum atomic E-state index is 12.1. The van der Waals surface area contributed by atoms with Crippen LogP contribution >= 0.6 is 38.6 Å². The molecular weight excluding hydrogens is 370 g/mol. The Kier molecular flexibility index (Phi) is 4.73. The largest absolute Gasteiger partial charge is 0.351 e. The summed E-state index contributed by atoms with van der Waals surface area (Å²) in [6, 6.07) is 2.18. The number of nitrogens with one attached hydrogen (secondary N) is 1. The summed E-state index contributed by atoms with van der Waals surface area (Å²) in [4.78, 5) is 17.7. The average Bonchev–Trinajstić information content (AvgIpc) is 3.05. The van der Waals surface area contributed by atoms with Gasteiger partial charge >= 0.3 is 0 Å². The third-order valence-electron chi connectivity index (χ3n) is 3.46. The van der Waals surface area contributed by atoms with Gasteiger partial charge in [-0.25, -0.2) is 4.98 Å². The molecule has 112 valence electrons. The van der Waals surface area contributed by atoms with Crippen molar-refractivity contribution in [1.29, 1.82) is 0 Å². The van der Waals surface area contributed by atoms with E-state index in [1.807, 2.05) is 16.8 Å². The van der Waals surface area contributed by atoms with E-state index in [1.165, 1.54) is 12.8 Å². The molecule has 0 bridgehead atoms. The van der Waals surface area contributed by atoms with Gasteiger partial charge in [0.2, 0.25) is 5.91 Å². The second kappa shape index (κ2) is 6.56. The van der Waals surface area contributed by atoms with Crippen molar-refractivity contribution < 1.29 is 4.79 Å². The minimum atomic E-state index is 0.0153. The number of aromatic nitrogens is 1. The van der Waals surface area contributed by atoms with Crippen molar-refractivity contribution in [2.24, 2.45) is 11.7 Å². The first-order chi connectivity index (χ1) is 10.2. The zero-order valence-corrected chi connectivity index (χ0v) is 14.6. The Morgan fingerprint density at radius 2 is 2.29 bits per heavy atom. The lowest BCUT2D eigenvalue weighted by molar-refractivity contribution is -0.121. The van der Waals surface area contributed by atoms with Crippen LogP contribution < -0.4 is 11.1 Å². The van der Waals surface area contributed by atoms with E-state index in [4.69, 9.17) is 5.73 Å². The molecule has 0 aliphatic heterocycles. The van der Waals surface area contributed by atoms with Gasteiger partial charge in [0.1, 0.15) is 5.01 Å². The first-order valence-electron chi connectivity index (χ1n) is 6.84. The molecule has 21 heavy (non-hydrogen) atoms. The van der Waals surface area contributed by atoms with Crippen molar-refractivity contribution >= 4 is 44.5 Å². The van der Waals surface area contributed by atoms with Crippen molar-refractivity contribution in [1.82, 2.24) is 10.3 Å². The highest BCUT2D eigenvalue weighted by Gasteiger charge is 2.31. The number of halogens is 1. The van der Waals surface area contributed by atoms with E-state index in [0.29, 0.717) is 18.9 Å². The van der Waals surface area contributed by atoms with Crippen LogP contribution in [-0.4, -0.2) is 23.5 Å². The topological polar surface area (TPSA) is 68.0 Å². The number of carbonyl (C=O) groups is 1. The van der Waals surface area contributed by atoms with E-state index in [2.05, 4.69) is 26.2 Å². The number of rotatable bonds is 6. The van der Waals surface area contributed by atoms with Gasteiger partial charge in [-0.3, -0.25) is 4.79 Å². The summed E-state index contributed by atoms with van der Waals surface area (Å²) in [7, 11) is 0. The van der Waals surface area contributed by atoms with Crippen LogP contribution in [0, 0.1) is 5.92 Å². The van der Waals surface area contributed by atoms with Gasteiger partial charge in [-0.15, -0.1) is 22.7 Å². The maximum absolute atomic E-state index is 12.1. The van der Waals surface area contributed by atoms with E-state index in [9.17, 15) is 4.79 Å². The van der Waals surface area contributed by atoms with Gasteiger partial charge in [0.25, 0.3) is 0 Å². The molecule has 0 spiro atoms. The van der Waals surface area contributed by atoms with E-state index < -0.39 is 0 Å². The van der Waals surface area contributed by atoms with E-state index in [0.717, 1.165) is 20.1 Å². The smallest absolute Gasteiger partial charge is 0.226 e. The van der Waals surface area contributed by atoms with Gasteiger partial charge in [0, 0.05) is 27.8 Å². The zero-order chi connectivity index (χ0) is 14.8. The van der Waals surface area contributed by atoms with Crippen LogP contribution in [-0.2, 0) is 11.2 Å². The molecule has 1 saturated carbocycles. The summed E-state index contributed by atoms with van der Waals surface area (Å²) in [6.07, 6.45) is 2.68. The summed E-state index contributed by atoms with van der Waals surface area (Å²) in [5.74, 6) is 0.593. The normalized spacial score (nSPS) is 15.9. The fourth-order valence-corrected chi connectivity index (χ4v) is 4.54. The fourth-order valence-electron chi connectivity index (χ4n) is 2.22. The van der Waals surface area contributed by atoms with Crippen molar-refractivity contribution in [3.63, 3.8) is 0 Å². The molecule has 2 aromatic heterocycles. The fraction of sp³-hybridized carbons (Fsp3) is 0.429. The van der Waals surface area contributed by atoms with Gasteiger partial charge in [-0.05, 0) is 40.8 Å². The Morgan fingerprint density at radius 1 is 1.48 bits per heavy atom. The van der Waals surface area contributed by atoms with Crippen molar-refractivity contribution in [3.8, 4) is 9.88 Å². The van der Waals surface area contributed by atoms with Crippen LogP contribution in [0.2, 0.25) is 0 Å². The lowest BCUT2D eigenvalue weighted by Gasteiger charge is -2.15. The highest BCUT2D eigenvalue weighted by Crippen LogP contribution is 2.33. The predicted molar refractivity (Wildman–Crippen MR) is 90.5 cm³/mol. The molecule has 3 rings (SSSR count). The Balaban J connectivity index is 1.60. The van der Waals surface area contributed by atoms with Crippen LogP contribution in [0.4, 0.5) is 0 Å². The van der Waals surface area contributed by atoms with Crippen molar-refractivity contribution in [2.75, 3.05) is 6.54 Å². The standard InChI is InChI=1S/C14H16BrN3OS2/c15-9-3-12(20-6-9)14-17-10(7-21-14)4-13(19)18-11(5-16)8-1-2-8/h3,6-8,11H,1-2,4-5,16H2,(H,18,19). The number of hydrogen-bond donors (Lipinski definition) is 2. The van der Waals surface area contributed by atoms with Crippen LogP contribution in [0.15, 0.2) is 21.3 Å². The Labute approximate surface area is 139 Å². The third kappa shape index (κ3) is 3.91. The number of nitrogens with two attached hydrogens (primary N) is 1. The SMILES string of the molecule is NCC(NC(=O)Cc1csc(-c2cc(Br)cs2)n1)C1CC1. The molecule has 0 saturated heterocycles. The number of thiophene rings is 1. The molecule has 3 N–H and O–H groups in total. The second-order valence-corrected chi connectivity index (χ2v) is 7.88. The third-order valence-corrected chi connectivity index (χ3v) is 6.21.